The van der Waals surface area contributed by atoms with Crippen molar-refractivity contribution >= 4 is 40.2 Å². The Kier molecular flexibility index (Phi) is 5.11. The van der Waals surface area contributed by atoms with Crippen molar-refractivity contribution in [2.24, 2.45) is 0 Å². The zero-order valence-corrected chi connectivity index (χ0v) is 17.5. The Balaban J connectivity index is 1.50. The third-order valence-electron chi connectivity index (χ3n) is 5.69. The molecule has 1 aromatic heterocycles. The monoisotopic (exact) mass is 437 g/mol. The summed E-state index contributed by atoms with van der Waals surface area (Å²) >= 11 is 0. The Labute approximate surface area is 188 Å². The molecular weight excluding hydrogens is 418 g/mol. The van der Waals surface area contributed by atoms with E-state index in [1.807, 2.05) is 36.4 Å². The van der Waals surface area contributed by atoms with Gasteiger partial charge in [0.05, 0.1) is 10.9 Å². The SMILES string of the molecule is O=C(O)c1cccc(C(=O)Nc2ccc3c(=O)c4c(oc3c2)/C(=C/c2ccccc2)CC4)c1. The van der Waals surface area contributed by atoms with Gasteiger partial charge in [-0.3, -0.25) is 9.59 Å². The fourth-order valence-electron chi connectivity index (χ4n) is 4.05. The smallest absolute Gasteiger partial charge is 0.335 e. The summed E-state index contributed by atoms with van der Waals surface area (Å²) < 4.78 is 6.15. The average molecular weight is 437 g/mol. The highest BCUT2D eigenvalue weighted by atomic mass is 16.4. The fraction of sp³-hybridized carbons (Fsp3) is 0.0741. The molecule has 162 valence electrons. The van der Waals surface area contributed by atoms with E-state index in [1.54, 1.807) is 18.2 Å². The molecule has 0 saturated carbocycles. The highest BCUT2D eigenvalue weighted by Crippen LogP contribution is 2.34. The van der Waals surface area contributed by atoms with Gasteiger partial charge in [0.15, 0.2) is 5.43 Å². The molecular formula is C27H19NO5. The lowest BCUT2D eigenvalue weighted by Gasteiger charge is -2.08. The number of nitrogens with one attached hydrogen (secondary N) is 1. The topological polar surface area (TPSA) is 96.6 Å². The molecule has 2 N–H and O–H groups in total. The number of carbonyl (C=O) groups excluding carboxylic acids is 1. The van der Waals surface area contributed by atoms with Gasteiger partial charge in [0, 0.05) is 22.9 Å². The van der Waals surface area contributed by atoms with Gasteiger partial charge in [-0.1, -0.05) is 36.4 Å². The molecule has 0 bridgehead atoms. The second-order valence-electron chi connectivity index (χ2n) is 7.87. The van der Waals surface area contributed by atoms with Gasteiger partial charge in [-0.15, -0.1) is 0 Å². The standard InChI is InChI=1S/C27H19NO5/c29-24-21-12-10-20(28-26(30)18-7-4-8-19(14-18)27(31)32)15-23(21)33-25-17(9-11-22(24)25)13-16-5-2-1-3-6-16/h1-8,10,12-15H,9,11H2,(H,28,30)(H,31,32)/b17-13+. The van der Waals surface area contributed by atoms with Crippen LogP contribution >= 0.6 is 0 Å². The third-order valence-corrected chi connectivity index (χ3v) is 5.69. The Bertz CT molecular complexity index is 1500. The van der Waals surface area contributed by atoms with Crippen molar-refractivity contribution in [1.82, 2.24) is 0 Å². The Hall–Kier alpha value is -4.45. The van der Waals surface area contributed by atoms with Crippen molar-refractivity contribution in [1.29, 1.82) is 0 Å². The molecule has 1 aliphatic rings. The van der Waals surface area contributed by atoms with Crippen LogP contribution in [0.15, 0.2) is 82.0 Å². The first-order chi connectivity index (χ1) is 16.0. The summed E-state index contributed by atoms with van der Waals surface area (Å²) in [5.74, 6) is -0.968. The van der Waals surface area contributed by atoms with E-state index in [0.717, 1.165) is 17.6 Å². The molecule has 1 heterocycles. The number of carboxylic acid groups (broad SMARTS) is 1. The van der Waals surface area contributed by atoms with E-state index < -0.39 is 11.9 Å². The maximum absolute atomic E-state index is 13.0. The van der Waals surface area contributed by atoms with Crippen molar-refractivity contribution in [2.45, 2.75) is 12.8 Å². The summed E-state index contributed by atoms with van der Waals surface area (Å²) in [6.07, 6.45) is 3.38. The van der Waals surface area contributed by atoms with Crippen molar-refractivity contribution in [2.75, 3.05) is 5.32 Å². The van der Waals surface area contributed by atoms with E-state index in [0.29, 0.717) is 34.4 Å². The van der Waals surface area contributed by atoms with Gasteiger partial charge in [0.25, 0.3) is 5.91 Å². The van der Waals surface area contributed by atoms with Crippen LogP contribution < -0.4 is 10.7 Å². The van der Waals surface area contributed by atoms with Crippen LogP contribution in [0.3, 0.4) is 0 Å². The molecule has 6 heteroatoms. The zero-order valence-electron chi connectivity index (χ0n) is 17.5. The predicted molar refractivity (Wildman–Crippen MR) is 126 cm³/mol. The average Bonchev–Trinajstić information content (AvgIpc) is 3.22. The van der Waals surface area contributed by atoms with Crippen LogP contribution in [-0.4, -0.2) is 17.0 Å². The number of amides is 1. The number of anilines is 1. The highest BCUT2D eigenvalue weighted by Gasteiger charge is 2.24. The summed E-state index contributed by atoms with van der Waals surface area (Å²) in [5.41, 5.74) is 3.70. The molecule has 1 amide bonds. The minimum atomic E-state index is -1.11. The van der Waals surface area contributed by atoms with Crippen molar-refractivity contribution in [3.05, 3.63) is 111 Å². The highest BCUT2D eigenvalue weighted by molar-refractivity contribution is 6.06. The minimum Gasteiger partial charge on any atom is -0.478 e. The Morgan fingerprint density at radius 3 is 2.48 bits per heavy atom. The normalized spacial score (nSPS) is 13.8. The van der Waals surface area contributed by atoms with E-state index in [1.165, 1.54) is 24.3 Å². The number of carboxylic acids is 1. The van der Waals surface area contributed by atoms with Crippen molar-refractivity contribution < 1.29 is 19.1 Å². The van der Waals surface area contributed by atoms with Crippen molar-refractivity contribution in [3.8, 4) is 0 Å². The molecule has 0 spiro atoms. The van der Waals surface area contributed by atoms with E-state index in [4.69, 9.17) is 9.52 Å². The Morgan fingerprint density at radius 2 is 1.70 bits per heavy atom. The molecule has 0 radical (unpaired) electrons. The molecule has 0 aliphatic heterocycles. The first kappa shape index (κ1) is 20.5. The number of aromatic carboxylic acids is 1. The summed E-state index contributed by atoms with van der Waals surface area (Å²) in [4.78, 5) is 36.8. The number of rotatable bonds is 4. The molecule has 1 aliphatic carbocycles. The number of fused-ring (bicyclic) bond motifs is 2. The number of benzene rings is 3. The van der Waals surface area contributed by atoms with E-state index >= 15 is 0 Å². The maximum Gasteiger partial charge on any atom is 0.335 e. The minimum absolute atomic E-state index is 0.0282. The number of hydrogen-bond acceptors (Lipinski definition) is 4. The number of carbonyl (C=O) groups is 2. The number of hydrogen-bond donors (Lipinski definition) is 2. The summed E-state index contributed by atoms with van der Waals surface area (Å²) in [7, 11) is 0. The van der Waals surface area contributed by atoms with Gasteiger partial charge in [0.2, 0.25) is 0 Å². The van der Waals surface area contributed by atoms with Gasteiger partial charge in [-0.05, 0) is 60.4 Å². The first-order valence-electron chi connectivity index (χ1n) is 10.5. The number of allylic oxidation sites excluding steroid dienone is 1. The largest absolute Gasteiger partial charge is 0.478 e. The van der Waals surface area contributed by atoms with Crippen LogP contribution in [0.1, 0.15) is 44.0 Å². The zero-order chi connectivity index (χ0) is 22.9. The molecule has 33 heavy (non-hydrogen) atoms. The van der Waals surface area contributed by atoms with Gasteiger partial charge in [-0.25, -0.2) is 4.79 Å². The molecule has 6 nitrogen and oxygen atoms in total. The molecule has 0 saturated heterocycles. The van der Waals surface area contributed by atoms with Crippen LogP contribution in [-0.2, 0) is 6.42 Å². The van der Waals surface area contributed by atoms with E-state index in [9.17, 15) is 14.4 Å². The summed E-state index contributed by atoms with van der Waals surface area (Å²) in [5, 5.41) is 12.3. The lowest BCUT2D eigenvalue weighted by atomic mass is 10.1. The van der Waals surface area contributed by atoms with Crippen LogP contribution in [0, 0.1) is 0 Å². The van der Waals surface area contributed by atoms with Crippen LogP contribution in [0.5, 0.6) is 0 Å². The first-order valence-corrected chi connectivity index (χ1v) is 10.5. The third kappa shape index (κ3) is 3.94. The van der Waals surface area contributed by atoms with Gasteiger partial charge < -0.3 is 14.8 Å². The lowest BCUT2D eigenvalue weighted by molar-refractivity contribution is 0.0697. The quantitative estimate of drug-likeness (QED) is 0.456. The van der Waals surface area contributed by atoms with Crippen molar-refractivity contribution in [3.63, 3.8) is 0 Å². The Morgan fingerprint density at radius 1 is 0.909 bits per heavy atom. The second-order valence-corrected chi connectivity index (χ2v) is 7.87. The molecule has 3 aromatic carbocycles. The fourth-order valence-corrected chi connectivity index (χ4v) is 4.05. The van der Waals surface area contributed by atoms with Crippen LogP contribution in [0.25, 0.3) is 22.6 Å². The van der Waals surface area contributed by atoms with Crippen LogP contribution in [0.4, 0.5) is 5.69 Å². The van der Waals surface area contributed by atoms with Gasteiger partial charge in [0.1, 0.15) is 11.3 Å². The van der Waals surface area contributed by atoms with E-state index in [2.05, 4.69) is 5.32 Å². The predicted octanol–water partition coefficient (Wildman–Crippen LogP) is 5.23. The molecule has 0 atom stereocenters. The van der Waals surface area contributed by atoms with E-state index in [-0.39, 0.29) is 16.6 Å². The molecule has 5 rings (SSSR count). The molecule has 0 fully saturated rings. The summed E-state index contributed by atoms with van der Waals surface area (Å²) in [6, 6.07) is 20.5. The lowest BCUT2D eigenvalue weighted by Crippen LogP contribution is -2.13. The van der Waals surface area contributed by atoms with Gasteiger partial charge in [-0.2, -0.15) is 0 Å². The maximum atomic E-state index is 13.0. The molecule has 0 unspecified atom stereocenters. The van der Waals surface area contributed by atoms with Crippen LogP contribution in [0.2, 0.25) is 0 Å². The second kappa shape index (κ2) is 8.24. The summed E-state index contributed by atoms with van der Waals surface area (Å²) in [6.45, 7) is 0. The van der Waals surface area contributed by atoms with Gasteiger partial charge >= 0.3 is 5.97 Å². The molecule has 4 aromatic rings.